The largest absolute Gasteiger partial charge is 0.298 e. The number of carbonyl (C=O) groups excluding carboxylic acids is 1. The number of hydrogen-bond acceptors (Lipinski definition) is 1. The maximum absolute atomic E-state index is 12.9. The lowest BCUT2D eigenvalue weighted by molar-refractivity contribution is -0.128. The summed E-state index contributed by atoms with van der Waals surface area (Å²) in [6.45, 7) is 6.01. The van der Waals surface area contributed by atoms with Gasteiger partial charge in [-0.15, -0.1) is 0 Å². The van der Waals surface area contributed by atoms with Crippen molar-refractivity contribution in [2.24, 2.45) is 5.41 Å². The summed E-state index contributed by atoms with van der Waals surface area (Å²) >= 11 is 3.46. The Kier molecular flexibility index (Phi) is 5.57. The van der Waals surface area contributed by atoms with Gasteiger partial charge in [-0.25, -0.2) is 0 Å². The Hall–Kier alpha value is -1.41. The minimum absolute atomic E-state index is 0.0479. The van der Waals surface area contributed by atoms with E-state index in [4.69, 9.17) is 0 Å². The van der Waals surface area contributed by atoms with Crippen molar-refractivity contribution in [3.63, 3.8) is 0 Å². The minimum Gasteiger partial charge on any atom is -0.298 e. The molecule has 2 rings (SSSR count). The first-order valence-electron chi connectivity index (χ1n) is 7.71. The first kappa shape index (κ1) is 17.0. The Morgan fingerprint density at radius 3 is 2.14 bits per heavy atom. The van der Waals surface area contributed by atoms with Crippen LogP contribution in [0.15, 0.2) is 59.1 Å². The number of benzene rings is 2. The van der Waals surface area contributed by atoms with Crippen LogP contribution in [-0.2, 0) is 11.2 Å². The number of ketones is 1. The van der Waals surface area contributed by atoms with Crippen LogP contribution in [0.2, 0.25) is 0 Å². The van der Waals surface area contributed by atoms with Crippen LogP contribution in [0.25, 0.3) is 0 Å². The van der Waals surface area contributed by atoms with Crippen LogP contribution in [0.5, 0.6) is 0 Å². The lowest BCUT2D eigenvalue weighted by atomic mass is 9.77. The van der Waals surface area contributed by atoms with Crippen molar-refractivity contribution in [3.8, 4) is 0 Å². The van der Waals surface area contributed by atoms with Crippen LogP contribution in [0.1, 0.15) is 44.2 Å². The van der Waals surface area contributed by atoms with Gasteiger partial charge in [-0.1, -0.05) is 79.2 Å². The van der Waals surface area contributed by atoms with E-state index in [2.05, 4.69) is 52.3 Å². The zero-order chi connectivity index (χ0) is 16.2. The van der Waals surface area contributed by atoms with Gasteiger partial charge in [0, 0.05) is 15.8 Å². The number of Topliss-reactive ketones (excluding diaryl/α,β-unsaturated/α-hetero) is 1. The van der Waals surface area contributed by atoms with E-state index in [9.17, 15) is 4.79 Å². The number of rotatable bonds is 5. The molecular formula is C20H23BrO. The van der Waals surface area contributed by atoms with E-state index in [0.29, 0.717) is 5.78 Å². The molecule has 22 heavy (non-hydrogen) atoms. The lowest BCUT2D eigenvalue weighted by Gasteiger charge is -2.25. The second-order valence-corrected chi connectivity index (χ2v) is 7.66. The maximum atomic E-state index is 12.9. The average Bonchev–Trinajstić information content (AvgIpc) is 2.49. The third-order valence-corrected chi connectivity index (χ3v) is 4.42. The van der Waals surface area contributed by atoms with Crippen LogP contribution in [-0.4, -0.2) is 5.78 Å². The molecule has 0 amide bonds. The minimum atomic E-state index is -0.325. The molecular weight excluding hydrogens is 336 g/mol. The van der Waals surface area contributed by atoms with Crippen molar-refractivity contribution in [1.82, 2.24) is 0 Å². The summed E-state index contributed by atoms with van der Waals surface area (Å²) in [6, 6.07) is 18.5. The monoisotopic (exact) mass is 358 g/mol. The number of carbonyl (C=O) groups is 1. The van der Waals surface area contributed by atoms with E-state index < -0.39 is 0 Å². The molecule has 0 heterocycles. The van der Waals surface area contributed by atoms with Crippen molar-refractivity contribution in [2.75, 3.05) is 0 Å². The summed E-state index contributed by atoms with van der Waals surface area (Å²) in [4.78, 5) is 12.9. The highest BCUT2D eigenvalue weighted by Crippen LogP contribution is 2.31. The van der Waals surface area contributed by atoms with E-state index >= 15 is 0 Å². The molecule has 0 N–H and O–H groups in total. The molecule has 0 spiro atoms. The molecule has 2 aromatic rings. The van der Waals surface area contributed by atoms with Gasteiger partial charge in [-0.3, -0.25) is 4.79 Å². The molecule has 0 aliphatic rings. The predicted molar refractivity (Wildman–Crippen MR) is 96.1 cm³/mol. The van der Waals surface area contributed by atoms with Crippen molar-refractivity contribution in [2.45, 2.75) is 39.5 Å². The van der Waals surface area contributed by atoms with Crippen LogP contribution in [0, 0.1) is 5.41 Å². The highest BCUT2D eigenvalue weighted by atomic mass is 79.9. The fourth-order valence-corrected chi connectivity index (χ4v) is 2.89. The maximum Gasteiger partial charge on any atom is 0.145 e. The van der Waals surface area contributed by atoms with Gasteiger partial charge >= 0.3 is 0 Å². The molecule has 1 atom stereocenters. The van der Waals surface area contributed by atoms with Crippen molar-refractivity contribution < 1.29 is 4.79 Å². The summed E-state index contributed by atoms with van der Waals surface area (Å²) in [5.41, 5.74) is 2.07. The van der Waals surface area contributed by atoms with Gasteiger partial charge < -0.3 is 0 Å². The number of halogens is 1. The highest BCUT2D eigenvalue weighted by molar-refractivity contribution is 9.10. The third kappa shape index (κ3) is 4.54. The Morgan fingerprint density at radius 2 is 1.59 bits per heavy atom. The standard InChI is InChI=1S/C20H23BrO/c1-20(2,3)19(22)18(16-10-12-17(21)13-11-16)14-9-15-7-5-4-6-8-15/h4-8,10-13,18H,9,14H2,1-3H3. The molecule has 116 valence electrons. The van der Waals surface area contributed by atoms with Crippen LogP contribution < -0.4 is 0 Å². The molecule has 0 fully saturated rings. The zero-order valence-electron chi connectivity index (χ0n) is 13.5. The van der Waals surface area contributed by atoms with Gasteiger partial charge in [-0.05, 0) is 36.1 Å². The average molecular weight is 359 g/mol. The first-order chi connectivity index (χ1) is 10.4. The van der Waals surface area contributed by atoms with E-state index in [1.54, 1.807) is 0 Å². The van der Waals surface area contributed by atoms with Crippen LogP contribution >= 0.6 is 15.9 Å². The molecule has 0 radical (unpaired) electrons. The molecule has 0 saturated heterocycles. The Balaban J connectivity index is 2.22. The van der Waals surface area contributed by atoms with Crippen LogP contribution in [0.3, 0.4) is 0 Å². The topological polar surface area (TPSA) is 17.1 Å². The summed E-state index contributed by atoms with van der Waals surface area (Å²) in [5.74, 6) is 0.263. The Labute approximate surface area is 141 Å². The van der Waals surface area contributed by atoms with E-state index in [1.165, 1.54) is 5.56 Å². The lowest BCUT2D eigenvalue weighted by Crippen LogP contribution is -2.27. The molecule has 2 aromatic carbocycles. The van der Waals surface area contributed by atoms with Gasteiger partial charge in [0.25, 0.3) is 0 Å². The summed E-state index contributed by atoms with van der Waals surface area (Å²) in [6.07, 6.45) is 1.77. The van der Waals surface area contributed by atoms with Crippen LogP contribution in [0.4, 0.5) is 0 Å². The van der Waals surface area contributed by atoms with E-state index in [0.717, 1.165) is 22.9 Å². The second-order valence-electron chi connectivity index (χ2n) is 6.74. The SMILES string of the molecule is CC(C)(C)C(=O)C(CCc1ccccc1)c1ccc(Br)cc1. The Morgan fingerprint density at radius 1 is 1.00 bits per heavy atom. The number of aryl methyl sites for hydroxylation is 1. The van der Waals surface area contributed by atoms with E-state index in [1.807, 2.05) is 39.0 Å². The zero-order valence-corrected chi connectivity index (χ0v) is 15.1. The summed E-state index contributed by atoms with van der Waals surface area (Å²) in [7, 11) is 0. The first-order valence-corrected chi connectivity index (χ1v) is 8.51. The fraction of sp³-hybridized carbons (Fsp3) is 0.350. The van der Waals surface area contributed by atoms with Crippen molar-refractivity contribution in [1.29, 1.82) is 0 Å². The quantitative estimate of drug-likeness (QED) is 0.661. The van der Waals surface area contributed by atoms with Gasteiger partial charge in [0.1, 0.15) is 5.78 Å². The smallest absolute Gasteiger partial charge is 0.145 e. The molecule has 0 aromatic heterocycles. The predicted octanol–water partition coefficient (Wildman–Crippen LogP) is 5.78. The van der Waals surface area contributed by atoms with Gasteiger partial charge in [-0.2, -0.15) is 0 Å². The third-order valence-electron chi connectivity index (χ3n) is 3.89. The molecule has 0 aliphatic carbocycles. The molecule has 2 heteroatoms. The summed E-state index contributed by atoms with van der Waals surface area (Å²) in [5, 5.41) is 0. The highest BCUT2D eigenvalue weighted by Gasteiger charge is 2.30. The molecule has 0 bridgehead atoms. The molecule has 1 nitrogen and oxygen atoms in total. The number of hydrogen-bond donors (Lipinski definition) is 0. The fourth-order valence-electron chi connectivity index (χ4n) is 2.62. The Bertz CT molecular complexity index is 608. The van der Waals surface area contributed by atoms with Crippen molar-refractivity contribution in [3.05, 3.63) is 70.2 Å². The molecule has 0 aliphatic heterocycles. The van der Waals surface area contributed by atoms with Gasteiger partial charge in [0.05, 0.1) is 0 Å². The van der Waals surface area contributed by atoms with Gasteiger partial charge in [0.15, 0.2) is 0 Å². The molecule has 0 saturated carbocycles. The van der Waals surface area contributed by atoms with Gasteiger partial charge in [0.2, 0.25) is 0 Å². The molecule has 1 unspecified atom stereocenters. The van der Waals surface area contributed by atoms with E-state index in [-0.39, 0.29) is 11.3 Å². The summed E-state index contributed by atoms with van der Waals surface area (Å²) < 4.78 is 1.04. The normalized spacial score (nSPS) is 12.9. The second kappa shape index (κ2) is 7.23. The van der Waals surface area contributed by atoms with Crippen molar-refractivity contribution >= 4 is 21.7 Å².